The summed E-state index contributed by atoms with van der Waals surface area (Å²) in [5.74, 6) is 0. The number of hydrogen-bond donors (Lipinski definition) is 2. The van der Waals surface area contributed by atoms with Crippen molar-refractivity contribution < 1.29 is 28.5 Å². The maximum atomic E-state index is 13.1. The molecule has 0 spiro atoms. The Bertz CT molecular complexity index is 1380. The minimum atomic E-state index is -0.741. The van der Waals surface area contributed by atoms with Gasteiger partial charge in [0.05, 0.1) is 12.1 Å². The van der Waals surface area contributed by atoms with Gasteiger partial charge in [-0.2, -0.15) is 0 Å². The lowest BCUT2D eigenvalue weighted by Gasteiger charge is -2.31. The van der Waals surface area contributed by atoms with Crippen LogP contribution >= 0.6 is 12.2 Å². The second-order valence-corrected chi connectivity index (χ2v) is 10.8. The Morgan fingerprint density at radius 3 is 1.23 bits per heavy atom. The molecule has 0 radical (unpaired) electrons. The van der Waals surface area contributed by atoms with Crippen molar-refractivity contribution in [1.29, 1.82) is 0 Å². The van der Waals surface area contributed by atoms with Gasteiger partial charge < -0.3 is 29.6 Å². The van der Waals surface area contributed by atoms with Crippen LogP contribution < -0.4 is 10.6 Å². The van der Waals surface area contributed by atoms with E-state index < -0.39 is 36.5 Å². The highest BCUT2D eigenvalue weighted by Gasteiger charge is 2.46. The molecular formula is C35H34N2O6S. The molecule has 0 aromatic heterocycles. The highest BCUT2D eigenvalue weighted by molar-refractivity contribution is 7.79. The van der Waals surface area contributed by atoms with Gasteiger partial charge in [-0.25, -0.2) is 9.59 Å². The van der Waals surface area contributed by atoms with E-state index in [1.54, 1.807) is 0 Å². The number of carbonyl (C=O) groups is 2. The molecule has 4 aromatic carbocycles. The summed E-state index contributed by atoms with van der Waals surface area (Å²) in [6.45, 7) is 0.222. The van der Waals surface area contributed by atoms with E-state index in [1.165, 1.54) is 0 Å². The summed E-state index contributed by atoms with van der Waals surface area (Å²) in [6, 6.07) is 37.1. The van der Waals surface area contributed by atoms with E-state index in [2.05, 4.69) is 10.6 Å². The van der Waals surface area contributed by atoms with Crippen molar-refractivity contribution in [2.24, 2.45) is 0 Å². The Kier molecular flexibility index (Phi) is 10.8. The highest BCUT2D eigenvalue weighted by Crippen LogP contribution is 2.26. The van der Waals surface area contributed by atoms with Gasteiger partial charge in [-0.15, -0.1) is 0 Å². The molecule has 9 heteroatoms. The van der Waals surface area contributed by atoms with E-state index in [0.717, 1.165) is 22.3 Å². The predicted molar refractivity (Wildman–Crippen MR) is 170 cm³/mol. The molecule has 1 saturated heterocycles. The molecule has 2 N–H and O–H groups in total. The molecule has 8 nitrogen and oxygen atoms in total. The summed E-state index contributed by atoms with van der Waals surface area (Å²) >= 11 is 5.37. The van der Waals surface area contributed by atoms with Gasteiger partial charge in [0.15, 0.2) is 12.2 Å². The molecule has 1 aliphatic heterocycles. The maximum Gasteiger partial charge on any atom is 0.407 e. The number of alkyl carbamates (subject to hydrolysis) is 2. The number of carbonyl (C=O) groups excluding carboxylic acids is 2. The lowest BCUT2D eigenvalue weighted by Crippen LogP contribution is -2.56. The van der Waals surface area contributed by atoms with Gasteiger partial charge in [-0.1, -0.05) is 121 Å². The van der Waals surface area contributed by atoms with Crippen molar-refractivity contribution in [2.75, 3.05) is 0 Å². The first kappa shape index (κ1) is 30.6. The van der Waals surface area contributed by atoms with E-state index >= 15 is 0 Å². The van der Waals surface area contributed by atoms with E-state index in [1.807, 2.05) is 121 Å². The van der Waals surface area contributed by atoms with E-state index in [4.69, 9.17) is 31.2 Å². The second kappa shape index (κ2) is 15.5. The van der Waals surface area contributed by atoms with Crippen LogP contribution in [0.4, 0.5) is 9.59 Å². The molecule has 1 aliphatic rings. The Morgan fingerprint density at radius 2 is 0.886 bits per heavy atom. The average Bonchev–Trinajstić information content (AvgIpc) is 3.45. The number of nitrogens with one attached hydrogen (secondary N) is 2. The van der Waals surface area contributed by atoms with Crippen LogP contribution in [0.3, 0.4) is 0 Å². The van der Waals surface area contributed by atoms with Crippen LogP contribution in [0.1, 0.15) is 22.3 Å². The summed E-state index contributed by atoms with van der Waals surface area (Å²) in [6.07, 6.45) is -1.88. The van der Waals surface area contributed by atoms with Crippen LogP contribution in [0.25, 0.3) is 0 Å². The van der Waals surface area contributed by atoms with Crippen molar-refractivity contribution in [2.45, 2.75) is 50.3 Å². The topological polar surface area (TPSA) is 95.1 Å². The van der Waals surface area contributed by atoms with E-state index in [-0.39, 0.29) is 18.5 Å². The zero-order valence-electron chi connectivity index (χ0n) is 24.0. The summed E-state index contributed by atoms with van der Waals surface area (Å²) in [7, 11) is 0. The van der Waals surface area contributed by atoms with Gasteiger partial charge in [0.1, 0.15) is 13.2 Å². The third-order valence-corrected chi connectivity index (χ3v) is 7.40. The molecule has 44 heavy (non-hydrogen) atoms. The van der Waals surface area contributed by atoms with Gasteiger partial charge in [-0.3, -0.25) is 0 Å². The molecule has 4 unspecified atom stereocenters. The second-order valence-electron chi connectivity index (χ2n) is 10.4. The van der Waals surface area contributed by atoms with Crippen LogP contribution in [0.2, 0.25) is 0 Å². The SMILES string of the molecule is O=C(NC(Cc1ccccc1)C1OC(=S)OC1C(Cc1ccccc1)NC(=O)OCc1ccccc1)OCc1ccccc1. The normalized spacial score (nSPS) is 17.0. The molecule has 4 aromatic rings. The molecule has 1 heterocycles. The first-order valence-corrected chi connectivity index (χ1v) is 14.8. The van der Waals surface area contributed by atoms with Crippen LogP contribution in [-0.4, -0.2) is 41.7 Å². The lowest BCUT2D eigenvalue weighted by molar-refractivity contribution is 0.0715. The fourth-order valence-corrected chi connectivity index (χ4v) is 5.30. The summed E-state index contributed by atoms with van der Waals surface area (Å²) in [5.41, 5.74) is 3.66. The fraction of sp³-hybridized carbons (Fsp3) is 0.229. The third kappa shape index (κ3) is 9.05. The van der Waals surface area contributed by atoms with Gasteiger partial charge in [-0.05, 0) is 35.1 Å². The number of amides is 2. The Labute approximate surface area is 262 Å². The van der Waals surface area contributed by atoms with Gasteiger partial charge in [0, 0.05) is 12.2 Å². The zero-order valence-corrected chi connectivity index (χ0v) is 24.9. The number of hydrogen-bond acceptors (Lipinski definition) is 7. The Hall–Kier alpha value is -4.89. The average molecular weight is 611 g/mol. The quantitative estimate of drug-likeness (QED) is 0.186. The van der Waals surface area contributed by atoms with Gasteiger partial charge >= 0.3 is 17.4 Å². The first-order valence-electron chi connectivity index (χ1n) is 14.4. The van der Waals surface area contributed by atoms with Crippen LogP contribution in [0.15, 0.2) is 121 Å². The molecule has 2 amide bonds. The van der Waals surface area contributed by atoms with Crippen molar-refractivity contribution >= 4 is 29.6 Å². The first-order chi connectivity index (χ1) is 21.5. The van der Waals surface area contributed by atoms with Crippen LogP contribution in [-0.2, 0) is 45.0 Å². The highest BCUT2D eigenvalue weighted by atomic mass is 32.1. The van der Waals surface area contributed by atoms with Crippen molar-refractivity contribution in [3.05, 3.63) is 144 Å². The Balaban J connectivity index is 1.36. The standard InChI is InChI=1S/C35H34N2O6S/c38-33(40-23-27-17-9-3-10-18-27)36-29(21-25-13-5-1-6-14-25)31-32(43-35(44)42-31)30(22-26-15-7-2-8-16-26)37-34(39)41-24-28-19-11-4-12-20-28/h1-20,29-32H,21-24H2,(H,36,38)(H,37,39). The molecule has 226 valence electrons. The minimum absolute atomic E-state index is 0.0602. The van der Waals surface area contributed by atoms with Crippen LogP contribution in [0.5, 0.6) is 0 Å². The molecular weight excluding hydrogens is 576 g/mol. The number of ether oxygens (including phenoxy) is 4. The van der Waals surface area contributed by atoms with Crippen molar-refractivity contribution in [3.63, 3.8) is 0 Å². The summed E-state index contributed by atoms with van der Waals surface area (Å²) in [4.78, 5) is 26.1. The fourth-order valence-electron chi connectivity index (χ4n) is 5.07. The molecule has 1 fully saturated rings. The van der Waals surface area contributed by atoms with Crippen molar-refractivity contribution in [3.8, 4) is 0 Å². The smallest absolute Gasteiger partial charge is 0.407 e. The summed E-state index contributed by atoms with van der Waals surface area (Å²) in [5, 5.41) is 5.89. The maximum absolute atomic E-state index is 13.1. The molecule has 0 aliphatic carbocycles. The molecule has 5 rings (SSSR count). The Morgan fingerprint density at radius 1 is 0.568 bits per heavy atom. The lowest BCUT2D eigenvalue weighted by atomic mass is 9.91. The van der Waals surface area contributed by atoms with Crippen molar-refractivity contribution in [1.82, 2.24) is 10.6 Å². The van der Waals surface area contributed by atoms with Crippen LogP contribution in [0, 0.1) is 0 Å². The van der Waals surface area contributed by atoms with Gasteiger partial charge in [0.2, 0.25) is 0 Å². The zero-order chi connectivity index (χ0) is 30.6. The summed E-state index contributed by atoms with van der Waals surface area (Å²) < 4.78 is 23.2. The van der Waals surface area contributed by atoms with Gasteiger partial charge in [0.25, 0.3) is 0 Å². The largest absolute Gasteiger partial charge is 0.447 e. The van der Waals surface area contributed by atoms with E-state index in [0.29, 0.717) is 12.8 Å². The molecule has 4 atom stereocenters. The monoisotopic (exact) mass is 610 g/mol. The predicted octanol–water partition coefficient (Wildman–Crippen LogP) is 6.13. The third-order valence-electron chi connectivity index (χ3n) is 7.21. The minimum Gasteiger partial charge on any atom is -0.447 e. The molecule has 0 saturated carbocycles. The number of rotatable bonds is 12. The number of thiocarbonyl (C=S) groups is 1. The number of benzene rings is 4. The van der Waals surface area contributed by atoms with E-state index in [9.17, 15) is 9.59 Å². The molecule has 0 bridgehead atoms.